The molecule has 1 aliphatic heterocycles. The van der Waals surface area contributed by atoms with E-state index in [0.29, 0.717) is 18.8 Å². The molecule has 0 radical (unpaired) electrons. The third-order valence-electron chi connectivity index (χ3n) is 6.39. The van der Waals surface area contributed by atoms with Crippen molar-refractivity contribution in [3.63, 3.8) is 0 Å². The number of aromatic amines is 1. The van der Waals surface area contributed by atoms with Crippen molar-refractivity contribution in [3.8, 4) is 0 Å². The quantitative estimate of drug-likeness (QED) is 0.699. The van der Waals surface area contributed by atoms with Crippen LogP contribution >= 0.6 is 0 Å². The van der Waals surface area contributed by atoms with Gasteiger partial charge in [0.25, 0.3) is 0 Å². The fourth-order valence-electron chi connectivity index (χ4n) is 4.89. The third-order valence-corrected chi connectivity index (χ3v) is 6.39. The molecule has 9 heteroatoms. The van der Waals surface area contributed by atoms with Gasteiger partial charge in [0, 0.05) is 36.7 Å². The standard InChI is InChI=1S/C22H30F3N5O/c1-13(2)26-19-18-16(22(23,24)25)11-17(27-20(18)29-28-19)15-9-6-10-30(12-15)21(31)14-7-4-3-5-8-14/h11,13-15H,3-10,12H2,1-2H3,(H2,26,27,28,29)/t15-/m1/s1. The molecule has 1 saturated heterocycles. The lowest BCUT2D eigenvalue weighted by Crippen LogP contribution is -2.43. The van der Waals surface area contributed by atoms with Crippen molar-refractivity contribution in [1.29, 1.82) is 0 Å². The van der Waals surface area contributed by atoms with Gasteiger partial charge in [-0.3, -0.25) is 9.89 Å². The fourth-order valence-corrected chi connectivity index (χ4v) is 4.89. The van der Waals surface area contributed by atoms with E-state index in [1.54, 1.807) is 0 Å². The van der Waals surface area contributed by atoms with Gasteiger partial charge in [0.15, 0.2) is 11.5 Å². The summed E-state index contributed by atoms with van der Waals surface area (Å²) in [6.07, 6.45) is 2.13. The predicted octanol–water partition coefficient (Wildman–Crippen LogP) is 5.08. The number of hydrogen-bond acceptors (Lipinski definition) is 4. The van der Waals surface area contributed by atoms with Crippen molar-refractivity contribution >= 4 is 22.8 Å². The summed E-state index contributed by atoms with van der Waals surface area (Å²) in [5.74, 6) is 0.170. The van der Waals surface area contributed by atoms with Crippen molar-refractivity contribution in [2.45, 2.75) is 76.9 Å². The van der Waals surface area contributed by atoms with Gasteiger partial charge < -0.3 is 10.2 Å². The average Bonchev–Trinajstić information content (AvgIpc) is 3.14. The SMILES string of the molecule is CC(C)Nc1n[nH]c2nc([C@@H]3CCCN(C(=O)C4CCCCC4)C3)cc(C(F)(F)F)c12. The summed E-state index contributed by atoms with van der Waals surface area (Å²) in [5.41, 5.74) is -0.232. The molecule has 2 aromatic heterocycles. The van der Waals surface area contributed by atoms with Crippen LogP contribution in [0.25, 0.3) is 11.0 Å². The Labute approximate surface area is 180 Å². The van der Waals surface area contributed by atoms with Gasteiger partial charge in [0.1, 0.15) is 0 Å². The first-order valence-electron chi connectivity index (χ1n) is 11.3. The van der Waals surface area contributed by atoms with E-state index in [2.05, 4.69) is 20.5 Å². The number of H-pyrrole nitrogens is 1. The molecule has 0 aromatic carbocycles. The molecule has 6 nitrogen and oxygen atoms in total. The molecule has 3 heterocycles. The number of carbonyl (C=O) groups excluding carboxylic acids is 1. The molecule has 0 unspecified atom stereocenters. The van der Waals surface area contributed by atoms with Crippen LogP contribution in [0.5, 0.6) is 0 Å². The van der Waals surface area contributed by atoms with Crippen molar-refractivity contribution in [1.82, 2.24) is 20.1 Å². The Bertz CT molecular complexity index is 933. The molecular weight excluding hydrogens is 407 g/mol. The number of carbonyl (C=O) groups is 1. The normalized spacial score (nSPS) is 21.1. The van der Waals surface area contributed by atoms with Crippen molar-refractivity contribution in [2.24, 2.45) is 5.92 Å². The second-order valence-corrected chi connectivity index (χ2v) is 9.15. The van der Waals surface area contributed by atoms with E-state index in [1.807, 2.05) is 18.7 Å². The summed E-state index contributed by atoms with van der Waals surface area (Å²) in [5, 5.41) is 9.63. The number of rotatable bonds is 4. The Balaban J connectivity index is 1.63. The first kappa shape index (κ1) is 21.9. The summed E-state index contributed by atoms with van der Waals surface area (Å²) in [6, 6.07) is 1.09. The van der Waals surface area contributed by atoms with E-state index in [1.165, 1.54) is 6.42 Å². The molecule has 0 bridgehead atoms. The zero-order valence-electron chi connectivity index (χ0n) is 18.1. The minimum atomic E-state index is -4.53. The molecule has 4 rings (SSSR count). The predicted molar refractivity (Wildman–Crippen MR) is 113 cm³/mol. The van der Waals surface area contributed by atoms with Gasteiger partial charge in [0.05, 0.1) is 10.9 Å². The number of anilines is 1. The first-order valence-corrected chi connectivity index (χ1v) is 11.3. The van der Waals surface area contributed by atoms with Crippen molar-refractivity contribution in [2.75, 3.05) is 18.4 Å². The zero-order valence-corrected chi connectivity index (χ0v) is 18.1. The number of alkyl halides is 3. The highest BCUT2D eigenvalue weighted by molar-refractivity contribution is 5.91. The average molecular weight is 438 g/mol. The Kier molecular flexibility index (Phi) is 6.12. The second kappa shape index (κ2) is 8.67. The van der Waals surface area contributed by atoms with Gasteiger partial charge in [-0.1, -0.05) is 19.3 Å². The van der Waals surface area contributed by atoms with Gasteiger partial charge in [-0.15, -0.1) is 0 Å². The van der Waals surface area contributed by atoms with Crippen molar-refractivity contribution < 1.29 is 18.0 Å². The van der Waals surface area contributed by atoms with Gasteiger partial charge in [-0.05, 0) is 45.6 Å². The van der Waals surface area contributed by atoms with Crippen molar-refractivity contribution in [3.05, 3.63) is 17.3 Å². The van der Waals surface area contributed by atoms with Gasteiger partial charge in [0.2, 0.25) is 5.91 Å². The van der Waals surface area contributed by atoms with Crippen LogP contribution in [0.1, 0.15) is 76.0 Å². The van der Waals surface area contributed by atoms with Crippen LogP contribution in [-0.4, -0.2) is 45.1 Å². The number of halogens is 3. The van der Waals surface area contributed by atoms with E-state index in [-0.39, 0.29) is 40.6 Å². The largest absolute Gasteiger partial charge is 0.417 e. The molecule has 1 aliphatic carbocycles. The summed E-state index contributed by atoms with van der Waals surface area (Å²) in [7, 11) is 0. The Morgan fingerprint density at radius 2 is 1.94 bits per heavy atom. The maximum absolute atomic E-state index is 13.9. The number of aromatic nitrogens is 3. The number of piperidine rings is 1. The van der Waals surface area contributed by atoms with E-state index < -0.39 is 11.7 Å². The van der Waals surface area contributed by atoms with Crippen LogP contribution in [0, 0.1) is 5.92 Å². The molecule has 31 heavy (non-hydrogen) atoms. The van der Waals surface area contributed by atoms with Crippen LogP contribution in [0.2, 0.25) is 0 Å². The lowest BCUT2D eigenvalue weighted by atomic mass is 9.86. The molecule has 0 spiro atoms. The lowest BCUT2D eigenvalue weighted by Gasteiger charge is -2.36. The van der Waals surface area contributed by atoms with Crippen LogP contribution in [-0.2, 0) is 11.0 Å². The summed E-state index contributed by atoms with van der Waals surface area (Å²) < 4.78 is 41.8. The fraction of sp³-hybridized carbons (Fsp3) is 0.682. The highest BCUT2D eigenvalue weighted by atomic mass is 19.4. The molecule has 2 fully saturated rings. The minimum absolute atomic E-state index is 0.0316. The Hall–Kier alpha value is -2.32. The topological polar surface area (TPSA) is 73.9 Å². The maximum Gasteiger partial charge on any atom is 0.417 e. The lowest BCUT2D eigenvalue weighted by molar-refractivity contribution is -0.138. The first-order chi connectivity index (χ1) is 14.7. The maximum atomic E-state index is 13.9. The monoisotopic (exact) mass is 437 g/mol. The highest BCUT2D eigenvalue weighted by Crippen LogP contribution is 2.40. The van der Waals surface area contributed by atoms with Crippen LogP contribution < -0.4 is 5.32 Å². The molecule has 1 saturated carbocycles. The number of nitrogens with one attached hydrogen (secondary N) is 2. The Morgan fingerprint density at radius 1 is 1.19 bits per heavy atom. The number of amides is 1. The molecule has 2 aromatic rings. The number of nitrogens with zero attached hydrogens (tertiary/aromatic N) is 3. The molecule has 1 amide bonds. The summed E-state index contributed by atoms with van der Waals surface area (Å²) in [4.78, 5) is 19.3. The smallest absolute Gasteiger partial charge is 0.366 e. The van der Waals surface area contributed by atoms with E-state index in [4.69, 9.17) is 0 Å². The van der Waals surface area contributed by atoms with Gasteiger partial charge >= 0.3 is 6.18 Å². The highest BCUT2D eigenvalue weighted by Gasteiger charge is 2.37. The van der Waals surface area contributed by atoms with E-state index >= 15 is 0 Å². The summed E-state index contributed by atoms with van der Waals surface area (Å²) in [6.45, 7) is 4.79. The zero-order chi connectivity index (χ0) is 22.2. The van der Waals surface area contributed by atoms with Crippen LogP contribution in [0.3, 0.4) is 0 Å². The third kappa shape index (κ3) is 4.65. The number of hydrogen-bond donors (Lipinski definition) is 2. The number of fused-ring (bicyclic) bond motifs is 1. The Morgan fingerprint density at radius 3 is 2.61 bits per heavy atom. The molecule has 2 aliphatic rings. The minimum Gasteiger partial charge on any atom is -0.366 e. The van der Waals surface area contributed by atoms with Crippen LogP contribution in [0.15, 0.2) is 6.07 Å². The number of likely N-dealkylation sites (tertiary alicyclic amines) is 1. The van der Waals surface area contributed by atoms with Gasteiger partial charge in [-0.2, -0.15) is 18.3 Å². The molecular formula is C22H30F3N5O. The molecule has 1 atom stereocenters. The number of pyridine rings is 1. The van der Waals surface area contributed by atoms with Gasteiger partial charge in [-0.25, -0.2) is 4.98 Å². The van der Waals surface area contributed by atoms with E-state index in [9.17, 15) is 18.0 Å². The second-order valence-electron chi connectivity index (χ2n) is 9.15. The van der Waals surface area contributed by atoms with Crippen LogP contribution in [0.4, 0.5) is 19.0 Å². The molecule has 170 valence electrons. The summed E-state index contributed by atoms with van der Waals surface area (Å²) >= 11 is 0. The van der Waals surface area contributed by atoms with E-state index in [0.717, 1.165) is 44.6 Å². The molecule has 2 N–H and O–H groups in total.